The van der Waals surface area contributed by atoms with E-state index in [1.807, 2.05) is 41.9 Å². The molecule has 0 fully saturated rings. The summed E-state index contributed by atoms with van der Waals surface area (Å²) in [7, 11) is 3.16. The van der Waals surface area contributed by atoms with E-state index in [4.69, 9.17) is 4.42 Å². The molecule has 0 unspecified atom stereocenters. The number of thioether (sulfide) groups is 1. The van der Waals surface area contributed by atoms with Gasteiger partial charge in [-0.05, 0) is 17.7 Å². The average molecular weight is 400 g/mol. The predicted octanol–water partition coefficient (Wildman–Crippen LogP) is 2.19. The predicted molar refractivity (Wildman–Crippen MR) is 103 cm³/mol. The maximum absolute atomic E-state index is 12.1. The van der Waals surface area contributed by atoms with Gasteiger partial charge in [-0.3, -0.25) is 4.79 Å². The number of rotatable bonds is 8. The molecule has 0 aliphatic heterocycles. The molecule has 8 nitrogen and oxygen atoms in total. The van der Waals surface area contributed by atoms with Crippen molar-refractivity contribution in [1.29, 1.82) is 0 Å². The Morgan fingerprint density at radius 1 is 1.18 bits per heavy atom. The van der Waals surface area contributed by atoms with E-state index in [-0.39, 0.29) is 24.0 Å². The van der Waals surface area contributed by atoms with Gasteiger partial charge in [-0.25, -0.2) is 4.79 Å². The van der Waals surface area contributed by atoms with Gasteiger partial charge < -0.3 is 19.0 Å². The number of aromatic nitrogens is 3. The van der Waals surface area contributed by atoms with Crippen molar-refractivity contribution in [3.05, 3.63) is 65.4 Å². The van der Waals surface area contributed by atoms with Crippen molar-refractivity contribution in [3.8, 4) is 0 Å². The number of methoxy groups -OCH3 is 1. The molecule has 0 aliphatic carbocycles. The van der Waals surface area contributed by atoms with Crippen molar-refractivity contribution in [2.24, 2.45) is 7.05 Å². The first-order chi connectivity index (χ1) is 13.6. The molecule has 0 radical (unpaired) electrons. The van der Waals surface area contributed by atoms with Crippen LogP contribution in [-0.4, -0.2) is 39.5 Å². The molecular weight excluding hydrogens is 380 g/mol. The van der Waals surface area contributed by atoms with Crippen LogP contribution in [0.3, 0.4) is 0 Å². The van der Waals surface area contributed by atoms with Gasteiger partial charge in [0.05, 0.1) is 19.4 Å². The monoisotopic (exact) mass is 400 g/mol. The van der Waals surface area contributed by atoms with E-state index >= 15 is 0 Å². The van der Waals surface area contributed by atoms with Crippen LogP contribution < -0.4 is 5.32 Å². The molecule has 0 saturated carbocycles. The molecule has 3 aromatic rings. The minimum atomic E-state index is -0.554. The van der Waals surface area contributed by atoms with Crippen molar-refractivity contribution >= 4 is 23.6 Å². The number of furan rings is 1. The molecule has 1 N–H and O–H groups in total. The van der Waals surface area contributed by atoms with E-state index < -0.39 is 5.97 Å². The van der Waals surface area contributed by atoms with Crippen LogP contribution in [0.4, 0.5) is 0 Å². The number of nitrogens with one attached hydrogen (secondary N) is 1. The van der Waals surface area contributed by atoms with Crippen LogP contribution in [0.5, 0.6) is 0 Å². The van der Waals surface area contributed by atoms with Gasteiger partial charge in [0.1, 0.15) is 11.6 Å². The maximum atomic E-state index is 12.1. The van der Waals surface area contributed by atoms with Crippen LogP contribution in [0.2, 0.25) is 0 Å². The molecule has 146 valence electrons. The molecule has 2 heterocycles. The highest BCUT2D eigenvalue weighted by Gasteiger charge is 2.14. The van der Waals surface area contributed by atoms with E-state index in [2.05, 4.69) is 20.3 Å². The third-order valence-corrected chi connectivity index (χ3v) is 4.99. The van der Waals surface area contributed by atoms with Gasteiger partial charge in [0.25, 0.3) is 0 Å². The Morgan fingerprint density at radius 2 is 1.96 bits per heavy atom. The van der Waals surface area contributed by atoms with Crippen molar-refractivity contribution in [1.82, 2.24) is 20.1 Å². The fourth-order valence-corrected chi connectivity index (χ4v) is 3.21. The van der Waals surface area contributed by atoms with Gasteiger partial charge in [-0.15, -0.1) is 10.2 Å². The van der Waals surface area contributed by atoms with Crippen LogP contribution in [0.1, 0.15) is 27.7 Å². The Bertz CT molecular complexity index is 952. The molecule has 1 aromatic carbocycles. The van der Waals surface area contributed by atoms with Crippen molar-refractivity contribution < 1.29 is 18.7 Å². The minimum absolute atomic E-state index is 0.103. The van der Waals surface area contributed by atoms with E-state index in [0.717, 1.165) is 11.4 Å². The lowest BCUT2D eigenvalue weighted by molar-refractivity contribution is -0.118. The summed E-state index contributed by atoms with van der Waals surface area (Å²) in [5.41, 5.74) is 1.15. The highest BCUT2D eigenvalue weighted by Crippen LogP contribution is 2.17. The normalized spacial score (nSPS) is 10.6. The summed E-state index contributed by atoms with van der Waals surface area (Å²) in [6, 6.07) is 13.1. The number of ether oxygens (including phenoxy) is 1. The quantitative estimate of drug-likeness (QED) is 0.457. The number of carbonyl (C=O) groups is 2. The summed E-state index contributed by atoms with van der Waals surface area (Å²) in [6.07, 6.45) is 0.679. The average Bonchev–Trinajstić information content (AvgIpc) is 3.32. The number of esters is 1. The topological polar surface area (TPSA) is 99.2 Å². The van der Waals surface area contributed by atoms with Crippen LogP contribution >= 0.6 is 11.8 Å². The molecule has 0 atom stereocenters. The van der Waals surface area contributed by atoms with Gasteiger partial charge in [0, 0.05) is 13.5 Å². The second-order valence-corrected chi connectivity index (χ2v) is 6.89. The zero-order valence-corrected chi connectivity index (χ0v) is 16.4. The molecule has 9 heteroatoms. The summed E-state index contributed by atoms with van der Waals surface area (Å²) >= 11 is 1.31. The van der Waals surface area contributed by atoms with Gasteiger partial charge in [0.2, 0.25) is 11.7 Å². The third-order valence-electron chi connectivity index (χ3n) is 3.97. The first kappa shape index (κ1) is 19.7. The minimum Gasteiger partial charge on any atom is -0.463 e. The smallest absolute Gasteiger partial charge is 0.373 e. The molecule has 0 spiro atoms. The van der Waals surface area contributed by atoms with Gasteiger partial charge in [0.15, 0.2) is 5.16 Å². The second kappa shape index (κ2) is 9.23. The van der Waals surface area contributed by atoms with Crippen LogP contribution in [0.25, 0.3) is 0 Å². The van der Waals surface area contributed by atoms with Gasteiger partial charge in [-0.1, -0.05) is 42.1 Å². The molecule has 1 amide bonds. The highest BCUT2D eigenvalue weighted by molar-refractivity contribution is 7.99. The van der Waals surface area contributed by atoms with Crippen molar-refractivity contribution in [3.63, 3.8) is 0 Å². The molecule has 2 aromatic heterocycles. The lowest BCUT2D eigenvalue weighted by atomic mass is 10.1. The lowest BCUT2D eigenvalue weighted by Gasteiger charge is -2.05. The SMILES string of the molecule is COC(=O)c1ccc(CNC(=O)CSc2nnc(Cc3ccccc3)n2C)o1. The van der Waals surface area contributed by atoms with Crippen LogP contribution in [-0.2, 0) is 29.5 Å². The largest absolute Gasteiger partial charge is 0.463 e. The van der Waals surface area contributed by atoms with Crippen LogP contribution in [0, 0.1) is 0 Å². The first-order valence-electron chi connectivity index (χ1n) is 8.55. The summed E-state index contributed by atoms with van der Waals surface area (Å²) in [4.78, 5) is 23.4. The zero-order valence-electron chi connectivity index (χ0n) is 15.5. The zero-order chi connectivity index (χ0) is 19.9. The Balaban J connectivity index is 1.48. The number of amides is 1. The lowest BCUT2D eigenvalue weighted by Crippen LogP contribution is -2.24. The highest BCUT2D eigenvalue weighted by atomic mass is 32.2. The number of benzene rings is 1. The maximum Gasteiger partial charge on any atom is 0.373 e. The fraction of sp³-hybridized carbons (Fsp3) is 0.263. The van der Waals surface area contributed by atoms with Crippen molar-refractivity contribution in [2.75, 3.05) is 12.9 Å². The van der Waals surface area contributed by atoms with E-state index in [0.29, 0.717) is 17.3 Å². The van der Waals surface area contributed by atoms with E-state index in [9.17, 15) is 9.59 Å². The Labute approximate surface area is 166 Å². The van der Waals surface area contributed by atoms with Crippen LogP contribution in [0.15, 0.2) is 52.0 Å². The van der Waals surface area contributed by atoms with Gasteiger partial charge >= 0.3 is 5.97 Å². The fourth-order valence-electron chi connectivity index (χ4n) is 2.45. The number of hydrogen-bond acceptors (Lipinski definition) is 7. The first-order valence-corrected chi connectivity index (χ1v) is 9.54. The molecular formula is C19H20N4O4S. The summed E-state index contributed by atoms with van der Waals surface area (Å²) in [6.45, 7) is 0.189. The van der Waals surface area contributed by atoms with Gasteiger partial charge in [-0.2, -0.15) is 0 Å². The summed E-state index contributed by atoms with van der Waals surface area (Å²) < 4.78 is 11.8. The molecule has 28 heavy (non-hydrogen) atoms. The Morgan fingerprint density at radius 3 is 2.71 bits per heavy atom. The standard InChI is InChI=1S/C19H20N4O4S/c1-23-16(10-13-6-4-3-5-7-13)21-22-19(23)28-12-17(24)20-11-14-8-9-15(27-14)18(25)26-2/h3-9H,10-12H2,1-2H3,(H,20,24). The third kappa shape index (κ3) is 5.01. The number of nitrogens with zero attached hydrogens (tertiary/aromatic N) is 3. The molecule has 0 bridgehead atoms. The molecule has 3 rings (SSSR count). The van der Waals surface area contributed by atoms with Crippen molar-refractivity contribution in [2.45, 2.75) is 18.1 Å². The second-order valence-electron chi connectivity index (χ2n) is 5.94. The summed E-state index contributed by atoms with van der Waals surface area (Å²) in [5, 5.41) is 11.8. The number of hydrogen-bond donors (Lipinski definition) is 1. The molecule has 0 saturated heterocycles. The molecule has 0 aliphatic rings. The van der Waals surface area contributed by atoms with E-state index in [1.54, 1.807) is 6.07 Å². The summed E-state index contributed by atoms with van der Waals surface area (Å²) in [5.74, 6) is 0.881. The Kier molecular flexibility index (Phi) is 6.49. The number of carbonyl (C=O) groups excluding carboxylic acids is 2. The Hall–Kier alpha value is -3.07. The van der Waals surface area contributed by atoms with E-state index in [1.165, 1.54) is 24.9 Å².